The minimum absolute atomic E-state index is 0.225. The second-order valence-corrected chi connectivity index (χ2v) is 6.24. The van der Waals surface area contributed by atoms with Crippen LogP contribution in [-0.4, -0.2) is 29.2 Å². The Labute approximate surface area is 115 Å². The smallest absolute Gasteiger partial charge is 0.254 e. The lowest BCUT2D eigenvalue weighted by atomic mass is 9.95. The molecule has 1 aliphatic heterocycles. The Morgan fingerprint density at radius 3 is 3.06 bits per heavy atom. The number of alkyl halides is 1. The number of carbonyl (C=O) groups excluding carboxylic acids is 1. The van der Waals surface area contributed by atoms with Crippen LogP contribution in [0.1, 0.15) is 35.2 Å². The van der Waals surface area contributed by atoms with Crippen LogP contribution in [-0.2, 0) is 0 Å². The van der Waals surface area contributed by atoms with E-state index in [0.29, 0.717) is 5.92 Å². The van der Waals surface area contributed by atoms with Crippen LogP contribution in [0.3, 0.4) is 0 Å². The summed E-state index contributed by atoms with van der Waals surface area (Å²) < 4.78 is 0. The molecule has 1 aromatic rings. The summed E-state index contributed by atoms with van der Waals surface area (Å²) in [5, 5.41) is 5.07. The molecule has 1 amide bonds. The van der Waals surface area contributed by atoms with Gasteiger partial charge in [0.15, 0.2) is 0 Å². The molecular formula is C13H18BrNOS. The maximum absolute atomic E-state index is 12.4. The van der Waals surface area contributed by atoms with Crippen molar-refractivity contribution >= 4 is 33.2 Å². The first-order chi connectivity index (χ1) is 8.22. The van der Waals surface area contributed by atoms with E-state index in [-0.39, 0.29) is 5.91 Å². The highest BCUT2D eigenvalue weighted by molar-refractivity contribution is 9.09. The Kier molecular flexibility index (Phi) is 4.62. The first kappa shape index (κ1) is 13.1. The number of piperidine rings is 1. The van der Waals surface area contributed by atoms with Gasteiger partial charge >= 0.3 is 0 Å². The molecule has 0 bridgehead atoms. The Bertz CT molecular complexity index is 389. The normalized spacial score (nSPS) is 20.6. The number of carbonyl (C=O) groups is 1. The SMILES string of the molecule is Cc1cscc1C(=O)N1CCCC(CCBr)C1. The molecule has 1 aliphatic rings. The molecule has 17 heavy (non-hydrogen) atoms. The second kappa shape index (κ2) is 6.01. The molecule has 1 saturated heterocycles. The van der Waals surface area contributed by atoms with Gasteiger partial charge in [-0.15, -0.1) is 0 Å². The van der Waals surface area contributed by atoms with Gasteiger partial charge in [0, 0.05) is 23.8 Å². The van der Waals surface area contributed by atoms with Crippen LogP contribution in [0, 0.1) is 12.8 Å². The molecule has 0 spiro atoms. The number of hydrogen-bond acceptors (Lipinski definition) is 2. The average molecular weight is 316 g/mol. The molecule has 1 aromatic heterocycles. The monoisotopic (exact) mass is 315 g/mol. The van der Waals surface area contributed by atoms with E-state index in [1.54, 1.807) is 11.3 Å². The minimum atomic E-state index is 0.225. The lowest BCUT2D eigenvalue weighted by Crippen LogP contribution is -2.40. The van der Waals surface area contributed by atoms with Gasteiger partial charge in [-0.3, -0.25) is 4.79 Å². The Morgan fingerprint density at radius 2 is 2.41 bits per heavy atom. The van der Waals surface area contributed by atoms with Crippen molar-refractivity contribution in [2.75, 3.05) is 18.4 Å². The number of halogens is 1. The lowest BCUT2D eigenvalue weighted by molar-refractivity contribution is 0.0672. The van der Waals surface area contributed by atoms with E-state index in [0.717, 1.165) is 36.0 Å². The van der Waals surface area contributed by atoms with Crippen LogP contribution in [0.4, 0.5) is 0 Å². The van der Waals surface area contributed by atoms with Crippen molar-refractivity contribution in [3.8, 4) is 0 Å². The van der Waals surface area contributed by atoms with Gasteiger partial charge in [0.2, 0.25) is 0 Å². The number of nitrogens with zero attached hydrogens (tertiary/aromatic N) is 1. The van der Waals surface area contributed by atoms with Crippen LogP contribution in [0.2, 0.25) is 0 Å². The topological polar surface area (TPSA) is 20.3 Å². The number of rotatable bonds is 3. The predicted octanol–water partition coefficient (Wildman–Crippen LogP) is 3.69. The Balaban J connectivity index is 2.02. The van der Waals surface area contributed by atoms with Crippen LogP contribution in [0.5, 0.6) is 0 Å². The van der Waals surface area contributed by atoms with Crippen molar-refractivity contribution in [3.63, 3.8) is 0 Å². The van der Waals surface area contributed by atoms with E-state index in [9.17, 15) is 4.79 Å². The lowest BCUT2D eigenvalue weighted by Gasteiger charge is -2.32. The molecule has 1 fully saturated rings. The maximum atomic E-state index is 12.4. The number of aryl methyl sites for hydroxylation is 1. The third kappa shape index (κ3) is 3.10. The molecule has 0 aromatic carbocycles. The molecule has 0 aliphatic carbocycles. The summed E-state index contributed by atoms with van der Waals surface area (Å²) in [6.07, 6.45) is 3.58. The van der Waals surface area contributed by atoms with Crippen LogP contribution in [0.15, 0.2) is 10.8 Å². The van der Waals surface area contributed by atoms with Crippen LogP contribution >= 0.6 is 27.3 Å². The van der Waals surface area contributed by atoms with E-state index >= 15 is 0 Å². The molecular weight excluding hydrogens is 298 g/mol. The Hall–Kier alpha value is -0.350. The van der Waals surface area contributed by atoms with Crippen molar-refractivity contribution in [2.45, 2.75) is 26.2 Å². The molecule has 2 rings (SSSR count). The zero-order chi connectivity index (χ0) is 12.3. The first-order valence-electron chi connectivity index (χ1n) is 6.10. The van der Waals surface area contributed by atoms with E-state index in [4.69, 9.17) is 0 Å². The molecule has 0 radical (unpaired) electrons. The largest absolute Gasteiger partial charge is 0.338 e. The summed E-state index contributed by atoms with van der Waals surface area (Å²) in [5.74, 6) is 0.897. The number of likely N-dealkylation sites (tertiary alicyclic amines) is 1. The van der Waals surface area contributed by atoms with Crippen LogP contribution in [0.25, 0.3) is 0 Å². The van der Waals surface area contributed by atoms with E-state index < -0.39 is 0 Å². The van der Waals surface area contributed by atoms with Crippen molar-refractivity contribution in [1.29, 1.82) is 0 Å². The third-order valence-corrected chi connectivity index (χ3v) is 4.73. The van der Waals surface area contributed by atoms with Crippen molar-refractivity contribution < 1.29 is 4.79 Å². The van der Waals surface area contributed by atoms with Crippen molar-refractivity contribution in [1.82, 2.24) is 4.90 Å². The van der Waals surface area contributed by atoms with Gasteiger partial charge < -0.3 is 4.90 Å². The molecule has 2 heterocycles. The summed E-state index contributed by atoms with van der Waals surface area (Å²) in [6, 6.07) is 0. The standard InChI is InChI=1S/C13H18BrNOS/c1-10-8-17-9-12(10)13(16)15-6-2-3-11(7-15)4-5-14/h8-9,11H,2-7H2,1H3. The molecule has 2 nitrogen and oxygen atoms in total. The summed E-state index contributed by atoms with van der Waals surface area (Å²) >= 11 is 5.11. The molecule has 94 valence electrons. The van der Waals surface area contributed by atoms with E-state index in [1.807, 2.05) is 22.6 Å². The van der Waals surface area contributed by atoms with Gasteiger partial charge in [-0.1, -0.05) is 15.9 Å². The molecule has 0 saturated carbocycles. The van der Waals surface area contributed by atoms with Crippen molar-refractivity contribution in [2.24, 2.45) is 5.92 Å². The minimum Gasteiger partial charge on any atom is -0.338 e. The molecule has 1 unspecified atom stereocenters. The predicted molar refractivity (Wildman–Crippen MR) is 76.1 cm³/mol. The van der Waals surface area contributed by atoms with Gasteiger partial charge in [0.05, 0.1) is 5.56 Å². The van der Waals surface area contributed by atoms with Crippen molar-refractivity contribution in [3.05, 3.63) is 21.9 Å². The number of hydrogen-bond donors (Lipinski definition) is 0. The summed E-state index contributed by atoms with van der Waals surface area (Å²) in [7, 11) is 0. The summed E-state index contributed by atoms with van der Waals surface area (Å²) in [5.41, 5.74) is 2.01. The maximum Gasteiger partial charge on any atom is 0.254 e. The highest BCUT2D eigenvalue weighted by Crippen LogP contribution is 2.23. The fourth-order valence-corrected chi connectivity index (χ4v) is 3.86. The fraction of sp³-hybridized carbons (Fsp3) is 0.615. The zero-order valence-electron chi connectivity index (χ0n) is 10.1. The molecule has 1 atom stereocenters. The van der Waals surface area contributed by atoms with Crippen LogP contribution < -0.4 is 0 Å². The van der Waals surface area contributed by atoms with Gasteiger partial charge in [-0.25, -0.2) is 0 Å². The second-order valence-electron chi connectivity index (χ2n) is 4.71. The number of thiophene rings is 1. The number of amides is 1. The van der Waals surface area contributed by atoms with Gasteiger partial charge in [0.25, 0.3) is 5.91 Å². The molecule has 4 heteroatoms. The molecule has 0 N–H and O–H groups in total. The van der Waals surface area contributed by atoms with Gasteiger partial charge in [-0.2, -0.15) is 11.3 Å². The Morgan fingerprint density at radius 1 is 1.59 bits per heavy atom. The average Bonchev–Trinajstić information content (AvgIpc) is 2.75. The highest BCUT2D eigenvalue weighted by Gasteiger charge is 2.25. The van der Waals surface area contributed by atoms with E-state index in [2.05, 4.69) is 15.9 Å². The zero-order valence-corrected chi connectivity index (χ0v) is 12.5. The van der Waals surface area contributed by atoms with Gasteiger partial charge in [-0.05, 0) is 43.0 Å². The fourth-order valence-electron chi connectivity index (χ4n) is 2.39. The summed E-state index contributed by atoms with van der Waals surface area (Å²) in [6.45, 7) is 3.87. The highest BCUT2D eigenvalue weighted by atomic mass is 79.9. The summed E-state index contributed by atoms with van der Waals surface area (Å²) in [4.78, 5) is 14.4. The third-order valence-electron chi connectivity index (χ3n) is 3.41. The van der Waals surface area contributed by atoms with E-state index in [1.165, 1.54) is 12.8 Å². The first-order valence-corrected chi connectivity index (χ1v) is 8.17. The van der Waals surface area contributed by atoms with Gasteiger partial charge in [0.1, 0.15) is 0 Å². The quantitative estimate of drug-likeness (QED) is 0.779.